The number of amides is 1. The van der Waals surface area contributed by atoms with Crippen molar-refractivity contribution in [2.75, 3.05) is 26.2 Å². The molecule has 0 bridgehead atoms. The van der Waals surface area contributed by atoms with Crippen molar-refractivity contribution in [3.8, 4) is 0 Å². The predicted molar refractivity (Wildman–Crippen MR) is 62.0 cm³/mol. The molecule has 0 saturated carbocycles. The Morgan fingerprint density at radius 1 is 1.44 bits per heavy atom. The van der Waals surface area contributed by atoms with Gasteiger partial charge in [0.05, 0.1) is 12.0 Å². The lowest BCUT2D eigenvalue weighted by Gasteiger charge is -2.37. The molecule has 1 amide bonds. The summed E-state index contributed by atoms with van der Waals surface area (Å²) in [5.41, 5.74) is 0. The van der Waals surface area contributed by atoms with E-state index in [0.29, 0.717) is 12.5 Å². The van der Waals surface area contributed by atoms with Gasteiger partial charge in [-0.05, 0) is 31.7 Å². The van der Waals surface area contributed by atoms with Crippen LogP contribution < -0.4 is 5.32 Å². The minimum Gasteiger partial charge on any atom is -0.391 e. The molecular formula is C12H22N2O2. The van der Waals surface area contributed by atoms with E-state index in [0.717, 1.165) is 38.9 Å². The van der Waals surface area contributed by atoms with Gasteiger partial charge in [-0.3, -0.25) is 4.79 Å². The quantitative estimate of drug-likeness (QED) is 0.672. The first kappa shape index (κ1) is 11.9. The Bertz CT molecular complexity index is 251. The first-order valence-corrected chi connectivity index (χ1v) is 6.36. The molecule has 2 unspecified atom stereocenters. The van der Waals surface area contributed by atoms with Crippen molar-refractivity contribution in [2.45, 2.75) is 32.3 Å². The molecule has 16 heavy (non-hydrogen) atoms. The molecule has 0 spiro atoms. The van der Waals surface area contributed by atoms with Crippen molar-refractivity contribution in [2.24, 2.45) is 11.8 Å². The van der Waals surface area contributed by atoms with Crippen molar-refractivity contribution in [3.63, 3.8) is 0 Å². The summed E-state index contributed by atoms with van der Waals surface area (Å²) in [5, 5.41) is 13.1. The molecule has 2 N–H and O–H groups in total. The van der Waals surface area contributed by atoms with Gasteiger partial charge in [-0.1, -0.05) is 6.92 Å². The van der Waals surface area contributed by atoms with Gasteiger partial charge in [0.25, 0.3) is 0 Å². The lowest BCUT2D eigenvalue weighted by Crippen LogP contribution is -2.50. The molecule has 2 aliphatic heterocycles. The van der Waals surface area contributed by atoms with Crippen LogP contribution in [0.15, 0.2) is 0 Å². The molecule has 4 heteroatoms. The number of β-amino-alcohol motifs (C(OH)–C–C–N with tert-alkyl or cyclic N) is 1. The van der Waals surface area contributed by atoms with E-state index in [1.54, 1.807) is 0 Å². The Balaban J connectivity index is 1.89. The number of hydrogen-bond donors (Lipinski definition) is 2. The molecule has 0 aromatic carbocycles. The Morgan fingerprint density at radius 2 is 2.25 bits per heavy atom. The van der Waals surface area contributed by atoms with E-state index in [2.05, 4.69) is 12.2 Å². The van der Waals surface area contributed by atoms with Gasteiger partial charge in [-0.2, -0.15) is 0 Å². The number of aliphatic hydroxyl groups excluding tert-OH is 1. The third-order valence-electron chi connectivity index (χ3n) is 3.88. The van der Waals surface area contributed by atoms with Crippen molar-refractivity contribution in [3.05, 3.63) is 0 Å². The Morgan fingerprint density at radius 3 is 2.88 bits per heavy atom. The number of carbonyl (C=O) groups excluding carboxylic acids is 1. The highest BCUT2D eigenvalue weighted by Gasteiger charge is 2.31. The van der Waals surface area contributed by atoms with Crippen LogP contribution in [-0.4, -0.2) is 48.2 Å². The van der Waals surface area contributed by atoms with E-state index in [4.69, 9.17) is 0 Å². The van der Waals surface area contributed by atoms with Gasteiger partial charge in [0.2, 0.25) is 5.91 Å². The molecule has 0 aliphatic carbocycles. The fourth-order valence-corrected chi connectivity index (χ4v) is 2.57. The van der Waals surface area contributed by atoms with Crippen LogP contribution in [-0.2, 0) is 4.79 Å². The topological polar surface area (TPSA) is 52.6 Å². The lowest BCUT2D eigenvalue weighted by molar-refractivity contribution is -0.140. The number of aliphatic hydroxyl groups is 1. The molecule has 92 valence electrons. The van der Waals surface area contributed by atoms with Crippen LogP contribution in [0.2, 0.25) is 0 Å². The SMILES string of the molecule is CC1CCN(C(=O)[C@H]2CCCNC2)CC1O. The van der Waals surface area contributed by atoms with Crippen LogP contribution in [0.4, 0.5) is 0 Å². The third-order valence-corrected chi connectivity index (χ3v) is 3.88. The molecule has 2 heterocycles. The molecular weight excluding hydrogens is 204 g/mol. The maximum Gasteiger partial charge on any atom is 0.227 e. The van der Waals surface area contributed by atoms with E-state index in [1.807, 2.05) is 4.90 Å². The van der Waals surface area contributed by atoms with Crippen molar-refractivity contribution in [1.29, 1.82) is 0 Å². The van der Waals surface area contributed by atoms with Gasteiger partial charge < -0.3 is 15.3 Å². The smallest absolute Gasteiger partial charge is 0.227 e. The summed E-state index contributed by atoms with van der Waals surface area (Å²) in [6, 6.07) is 0. The summed E-state index contributed by atoms with van der Waals surface area (Å²) in [5.74, 6) is 0.695. The molecule has 2 fully saturated rings. The maximum atomic E-state index is 12.2. The molecule has 4 nitrogen and oxygen atoms in total. The molecule has 3 atom stereocenters. The largest absolute Gasteiger partial charge is 0.391 e. The minimum absolute atomic E-state index is 0.134. The standard InChI is InChI=1S/C12H22N2O2/c1-9-4-6-14(8-11(9)15)12(16)10-3-2-5-13-7-10/h9-11,13,15H,2-8H2,1H3/t9?,10-,11?/m0/s1. The summed E-state index contributed by atoms with van der Waals surface area (Å²) >= 11 is 0. The van der Waals surface area contributed by atoms with Crippen LogP contribution in [0.5, 0.6) is 0 Å². The number of nitrogens with one attached hydrogen (secondary N) is 1. The van der Waals surface area contributed by atoms with Crippen molar-refractivity contribution < 1.29 is 9.90 Å². The number of nitrogens with zero attached hydrogens (tertiary/aromatic N) is 1. The summed E-state index contributed by atoms with van der Waals surface area (Å²) in [6.45, 7) is 5.23. The highest BCUT2D eigenvalue weighted by molar-refractivity contribution is 5.79. The predicted octanol–water partition coefficient (Wildman–Crippen LogP) is 0.215. The first-order chi connectivity index (χ1) is 7.68. The average Bonchev–Trinajstić information content (AvgIpc) is 2.33. The van der Waals surface area contributed by atoms with Gasteiger partial charge in [-0.15, -0.1) is 0 Å². The van der Waals surface area contributed by atoms with E-state index in [1.165, 1.54) is 0 Å². The number of rotatable bonds is 1. The van der Waals surface area contributed by atoms with Crippen LogP contribution in [0, 0.1) is 11.8 Å². The second-order valence-electron chi connectivity index (χ2n) is 5.16. The Labute approximate surface area is 97.0 Å². The number of hydrogen-bond acceptors (Lipinski definition) is 3. The van der Waals surface area contributed by atoms with Crippen LogP contribution >= 0.6 is 0 Å². The Hall–Kier alpha value is -0.610. The van der Waals surface area contributed by atoms with Gasteiger partial charge in [-0.25, -0.2) is 0 Å². The summed E-state index contributed by atoms with van der Waals surface area (Å²) in [4.78, 5) is 14.0. The first-order valence-electron chi connectivity index (χ1n) is 6.36. The zero-order valence-corrected chi connectivity index (χ0v) is 9.98. The number of likely N-dealkylation sites (tertiary alicyclic amines) is 1. The zero-order valence-electron chi connectivity index (χ0n) is 9.98. The lowest BCUT2D eigenvalue weighted by atomic mass is 9.93. The maximum absolute atomic E-state index is 12.2. The molecule has 0 aromatic heterocycles. The second-order valence-corrected chi connectivity index (χ2v) is 5.16. The zero-order chi connectivity index (χ0) is 11.5. The van der Waals surface area contributed by atoms with Gasteiger partial charge in [0, 0.05) is 19.6 Å². The fourth-order valence-electron chi connectivity index (χ4n) is 2.57. The van der Waals surface area contributed by atoms with Crippen LogP contribution in [0.25, 0.3) is 0 Å². The molecule has 0 aromatic rings. The van der Waals surface area contributed by atoms with Gasteiger partial charge in [0.15, 0.2) is 0 Å². The van der Waals surface area contributed by atoms with E-state index in [-0.39, 0.29) is 17.9 Å². The second kappa shape index (κ2) is 5.15. The van der Waals surface area contributed by atoms with Crippen molar-refractivity contribution in [1.82, 2.24) is 10.2 Å². The molecule has 2 saturated heterocycles. The van der Waals surface area contributed by atoms with Crippen LogP contribution in [0.3, 0.4) is 0 Å². The van der Waals surface area contributed by atoms with Gasteiger partial charge in [0.1, 0.15) is 0 Å². The summed E-state index contributed by atoms with van der Waals surface area (Å²) in [7, 11) is 0. The third kappa shape index (κ3) is 2.55. The minimum atomic E-state index is -0.339. The van der Waals surface area contributed by atoms with E-state index in [9.17, 15) is 9.90 Å². The average molecular weight is 226 g/mol. The Kier molecular flexibility index (Phi) is 3.82. The van der Waals surface area contributed by atoms with E-state index >= 15 is 0 Å². The fraction of sp³-hybridized carbons (Fsp3) is 0.917. The molecule has 2 rings (SSSR count). The number of piperidine rings is 2. The highest BCUT2D eigenvalue weighted by atomic mass is 16.3. The summed E-state index contributed by atoms with van der Waals surface area (Å²) < 4.78 is 0. The summed E-state index contributed by atoms with van der Waals surface area (Å²) in [6.07, 6.45) is 2.67. The molecule has 2 aliphatic rings. The molecule has 0 radical (unpaired) electrons. The van der Waals surface area contributed by atoms with Gasteiger partial charge >= 0.3 is 0 Å². The highest BCUT2D eigenvalue weighted by Crippen LogP contribution is 2.20. The normalized spacial score (nSPS) is 36.1. The van der Waals surface area contributed by atoms with E-state index < -0.39 is 0 Å². The van der Waals surface area contributed by atoms with Crippen molar-refractivity contribution >= 4 is 5.91 Å². The number of carbonyl (C=O) groups is 1. The monoisotopic (exact) mass is 226 g/mol. The van der Waals surface area contributed by atoms with Crippen LogP contribution in [0.1, 0.15) is 26.2 Å².